The van der Waals surface area contributed by atoms with Crippen LogP contribution in [-0.2, 0) is 0 Å². The summed E-state index contributed by atoms with van der Waals surface area (Å²) in [6.07, 6.45) is 34.5. The topological polar surface area (TPSA) is 3.24 Å². The van der Waals surface area contributed by atoms with Gasteiger partial charge in [-0.05, 0) is 62.6 Å². The first-order valence-corrected chi connectivity index (χ1v) is 17.4. The second-order valence-electron chi connectivity index (χ2n) is 14.9. The monoisotopic (exact) mass is 545 g/mol. The zero-order chi connectivity index (χ0) is 27.7. The minimum absolute atomic E-state index is 0. The largest absolute Gasteiger partial charge is 0.303 e. The van der Waals surface area contributed by atoms with E-state index in [1.54, 1.807) is 0 Å². The fraction of sp³-hybridized carbons (Fsp3) is 1.00. The van der Waals surface area contributed by atoms with Gasteiger partial charge in [-0.25, -0.2) is 0 Å². The second-order valence-corrected chi connectivity index (χ2v) is 14.9. The van der Waals surface area contributed by atoms with Gasteiger partial charge in [0.1, 0.15) is 0 Å². The van der Waals surface area contributed by atoms with Crippen molar-refractivity contribution in [2.24, 2.45) is 10.8 Å². The van der Waals surface area contributed by atoms with Crippen LogP contribution in [0.5, 0.6) is 0 Å². The summed E-state index contributed by atoms with van der Waals surface area (Å²) in [6.45, 7) is 20.6. The Morgan fingerprint density at radius 2 is 0.579 bits per heavy atom. The molecular formula is C36H75NNa. The molecule has 0 saturated heterocycles. The molecule has 225 valence electrons. The zero-order valence-electron chi connectivity index (χ0n) is 28.5. The summed E-state index contributed by atoms with van der Waals surface area (Å²) in [5.41, 5.74) is 1.04. The summed E-state index contributed by atoms with van der Waals surface area (Å²) in [4.78, 5) is 2.84. The van der Waals surface area contributed by atoms with Crippen molar-refractivity contribution >= 4 is 29.6 Å². The number of rotatable bonds is 27. The van der Waals surface area contributed by atoms with Crippen LogP contribution in [0.3, 0.4) is 0 Å². The average Bonchev–Trinajstić information content (AvgIpc) is 2.81. The number of hydrogen-bond acceptors (Lipinski definition) is 1. The Balaban J connectivity index is 0. The van der Waals surface area contributed by atoms with Gasteiger partial charge in [0.25, 0.3) is 0 Å². The molecule has 0 aliphatic carbocycles. The fourth-order valence-corrected chi connectivity index (χ4v) is 5.55. The van der Waals surface area contributed by atoms with Crippen molar-refractivity contribution < 1.29 is 0 Å². The number of hydrogen-bond donors (Lipinski definition) is 0. The van der Waals surface area contributed by atoms with Crippen LogP contribution >= 0.6 is 0 Å². The normalized spacial score (nSPS) is 12.3. The van der Waals surface area contributed by atoms with E-state index in [2.05, 4.69) is 53.4 Å². The molecular weight excluding hydrogens is 469 g/mol. The van der Waals surface area contributed by atoms with Crippen molar-refractivity contribution in [1.82, 2.24) is 4.90 Å². The average molecular weight is 545 g/mol. The minimum atomic E-state index is 0. The summed E-state index contributed by atoms with van der Waals surface area (Å²) >= 11 is 0. The van der Waals surface area contributed by atoms with Gasteiger partial charge in [0.2, 0.25) is 0 Å². The van der Waals surface area contributed by atoms with Crippen LogP contribution in [0.4, 0.5) is 0 Å². The van der Waals surface area contributed by atoms with E-state index in [0.29, 0.717) is 10.8 Å². The van der Waals surface area contributed by atoms with Crippen molar-refractivity contribution in [2.75, 3.05) is 19.6 Å². The van der Waals surface area contributed by atoms with Crippen LogP contribution in [0.1, 0.15) is 203 Å². The minimum Gasteiger partial charge on any atom is -0.303 e. The molecule has 0 atom stereocenters. The molecule has 0 aliphatic rings. The molecule has 0 N–H and O–H groups in total. The van der Waals surface area contributed by atoms with Crippen LogP contribution in [-0.4, -0.2) is 54.1 Å². The van der Waals surface area contributed by atoms with Crippen LogP contribution in [0, 0.1) is 10.8 Å². The standard InChI is InChI=1S/C36H75N.Na/c1-8-9-10-11-12-17-22-27-32-37(33-28-23-18-13-15-20-25-30-35(2,3)4)34-29-24-19-14-16-21-26-31-36(5,6)7;/h8-34H2,1-7H3;. The molecule has 1 radical (unpaired) electrons. The van der Waals surface area contributed by atoms with Gasteiger partial charge < -0.3 is 4.90 Å². The second kappa shape index (κ2) is 28.1. The molecule has 0 aromatic heterocycles. The maximum Gasteiger partial charge on any atom is 0 e. The number of nitrogens with zero attached hydrogens (tertiary/aromatic N) is 1. The van der Waals surface area contributed by atoms with E-state index in [4.69, 9.17) is 0 Å². The Bertz CT molecular complexity index is 415. The molecule has 0 rings (SSSR count). The quantitative estimate of drug-likeness (QED) is 0.0734. The molecule has 38 heavy (non-hydrogen) atoms. The zero-order valence-corrected chi connectivity index (χ0v) is 30.5. The predicted octanol–water partition coefficient (Wildman–Crippen LogP) is 12.4. The first-order chi connectivity index (χ1) is 17.6. The smallest absolute Gasteiger partial charge is 0 e. The van der Waals surface area contributed by atoms with E-state index < -0.39 is 0 Å². The van der Waals surface area contributed by atoms with Gasteiger partial charge in [-0.15, -0.1) is 0 Å². The molecule has 0 bridgehead atoms. The molecule has 0 spiro atoms. The van der Waals surface area contributed by atoms with Crippen molar-refractivity contribution in [3.8, 4) is 0 Å². The van der Waals surface area contributed by atoms with Crippen LogP contribution in [0.25, 0.3) is 0 Å². The van der Waals surface area contributed by atoms with Crippen molar-refractivity contribution in [3.63, 3.8) is 0 Å². The van der Waals surface area contributed by atoms with E-state index in [9.17, 15) is 0 Å². The summed E-state index contributed by atoms with van der Waals surface area (Å²) in [6, 6.07) is 0. The Hall–Kier alpha value is 0.960. The van der Waals surface area contributed by atoms with Gasteiger partial charge in [0, 0.05) is 29.6 Å². The third-order valence-electron chi connectivity index (χ3n) is 8.13. The third-order valence-corrected chi connectivity index (χ3v) is 8.13. The maximum atomic E-state index is 2.84. The molecule has 1 nitrogen and oxygen atoms in total. The first kappa shape index (κ1) is 41.1. The van der Waals surface area contributed by atoms with E-state index in [1.165, 1.54) is 174 Å². The summed E-state index contributed by atoms with van der Waals surface area (Å²) in [5, 5.41) is 0. The maximum absolute atomic E-state index is 2.84. The van der Waals surface area contributed by atoms with E-state index >= 15 is 0 Å². The molecule has 2 heteroatoms. The Morgan fingerprint density at radius 3 is 0.842 bits per heavy atom. The van der Waals surface area contributed by atoms with Crippen molar-refractivity contribution in [3.05, 3.63) is 0 Å². The third kappa shape index (κ3) is 35.0. The van der Waals surface area contributed by atoms with Gasteiger partial charge in [-0.3, -0.25) is 0 Å². The van der Waals surface area contributed by atoms with Gasteiger partial charge in [0.05, 0.1) is 0 Å². The molecule has 0 aromatic rings. The van der Waals surface area contributed by atoms with E-state index in [0.717, 1.165) is 0 Å². The van der Waals surface area contributed by atoms with Crippen LogP contribution in [0.15, 0.2) is 0 Å². The van der Waals surface area contributed by atoms with Crippen LogP contribution in [0.2, 0.25) is 0 Å². The summed E-state index contributed by atoms with van der Waals surface area (Å²) in [5.74, 6) is 0. The van der Waals surface area contributed by atoms with Gasteiger partial charge in [-0.2, -0.15) is 0 Å². The SMILES string of the molecule is CCCCCCCCCCN(CCCCCCCCCC(C)(C)C)CCCCCCCCCC(C)(C)C.[Na]. The van der Waals surface area contributed by atoms with Gasteiger partial charge in [-0.1, -0.05) is 170 Å². The summed E-state index contributed by atoms with van der Waals surface area (Å²) < 4.78 is 0. The Morgan fingerprint density at radius 1 is 0.342 bits per heavy atom. The van der Waals surface area contributed by atoms with Crippen molar-refractivity contribution in [1.29, 1.82) is 0 Å². The van der Waals surface area contributed by atoms with E-state index in [1.807, 2.05) is 0 Å². The number of unbranched alkanes of at least 4 members (excludes halogenated alkanes) is 19. The van der Waals surface area contributed by atoms with Crippen molar-refractivity contribution in [2.45, 2.75) is 203 Å². The van der Waals surface area contributed by atoms with Gasteiger partial charge >= 0.3 is 0 Å². The molecule has 0 aromatic carbocycles. The fourth-order valence-electron chi connectivity index (χ4n) is 5.55. The van der Waals surface area contributed by atoms with Gasteiger partial charge in [0.15, 0.2) is 0 Å². The molecule has 0 aliphatic heterocycles. The van der Waals surface area contributed by atoms with E-state index in [-0.39, 0.29) is 29.6 Å². The summed E-state index contributed by atoms with van der Waals surface area (Å²) in [7, 11) is 0. The molecule has 0 heterocycles. The first-order valence-electron chi connectivity index (χ1n) is 17.4. The molecule has 0 amide bonds. The molecule has 0 fully saturated rings. The Kier molecular flexibility index (Phi) is 30.4. The molecule has 0 unspecified atom stereocenters. The van der Waals surface area contributed by atoms with Crippen LogP contribution < -0.4 is 0 Å². The Labute approximate surface area is 266 Å². The molecule has 0 saturated carbocycles. The predicted molar refractivity (Wildman–Crippen MR) is 178 cm³/mol.